The third-order valence-corrected chi connectivity index (χ3v) is 10.7. The summed E-state index contributed by atoms with van der Waals surface area (Å²) in [6.07, 6.45) is 50.2. The van der Waals surface area contributed by atoms with Crippen molar-refractivity contribution in [2.45, 2.75) is 264 Å². The lowest BCUT2D eigenvalue weighted by molar-refractivity contribution is -0.167. The molecular formula is C50H92O6. The van der Waals surface area contributed by atoms with Crippen molar-refractivity contribution in [3.63, 3.8) is 0 Å². The van der Waals surface area contributed by atoms with Crippen molar-refractivity contribution >= 4 is 17.9 Å². The third kappa shape index (κ3) is 43.0. The van der Waals surface area contributed by atoms with Crippen LogP contribution in [0.3, 0.4) is 0 Å². The summed E-state index contributed by atoms with van der Waals surface area (Å²) in [6, 6.07) is 0. The fraction of sp³-hybridized carbons (Fsp3) is 0.860. The SMILES string of the molecule is CCC/C=C\CCCCCCCC(=O)OCC(COC(=O)CCCCCCC/C=C\CCCCCCCCC)OC(=O)CCCCCCCCCCCCCC. The first-order valence-corrected chi connectivity index (χ1v) is 24.3. The van der Waals surface area contributed by atoms with Gasteiger partial charge in [-0.2, -0.15) is 0 Å². The molecule has 0 bridgehead atoms. The van der Waals surface area contributed by atoms with Crippen LogP contribution < -0.4 is 0 Å². The molecule has 0 N–H and O–H groups in total. The highest BCUT2D eigenvalue weighted by atomic mass is 16.6. The summed E-state index contributed by atoms with van der Waals surface area (Å²) in [6.45, 7) is 6.57. The van der Waals surface area contributed by atoms with Gasteiger partial charge in [0.05, 0.1) is 0 Å². The van der Waals surface area contributed by atoms with Crippen LogP contribution in [0.2, 0.25) is 0 Å². The van der Waals surface area contributed by atoms with Crippen LogP contribution in [0, 0.1) is 0 Å². The van der Waals surface area contributed by atoms with Gasteiger partial charge in [-0.1, -0.05) is 199 Å². The first kappa shape index (κ1) is 53.9. The minimum atomic E-state index is -0.771. The topological polar surface area (TPSA) is 78.9 Å². The van der Waals surface area contributed by atoms with Gasteiger partial charge in [-0.15, -0.1) is 0 Å². The van der Waals surface area contributed by atoms with Gasteiger partial charge in [-0.05, 0) is 64.2 Å². The van der Waals surface area contributed by atoms with Crippen LogP contribution in [0.25, 0.3) is 0 Å². The Balaban J connectivity index is 4.33. The van der Waals surface area contributed by atoms with Crippen molar-refractivity contribution in [3.8, 4) is 0 Å². The smallest absolute Gasteiger partial charge is 0.306 e. The zero-order chi connectivity index (χ0) is 40.8. The largest absolute Gasteiger partial charge is 0.462 e. The Morgan fingerprint density at radius 3 is 0.964 bits per heavy atom. The molecule has 0 saturated carbocycles. The predicted molar refractivity (Wildman–Crippen MR) is 238 cm³/mol. The van der Waals surface area contributed by atoms with E-state index in [1.807, 2.05) is 0 Å². The molecule has 56 heavy (non-hydrogen) atoms. The molecule has 0 rings (SSSR count). The molecule has 6 heteroatoms. The molecule has 0 fully saturated rings. The second-order valence-electron chi connectivity index (χ2n) is 16.4. The van der Waals surface area contributed by atoms with Gasteiger partial charge in [0.25, 0.3) is 0 Å². The van der Waals surface area contributed by atoms with E-state index in [4.69, 9.17) is 14.2 Å². The van der Waals surface area contributed by atoms with Crippen molar-refractivity contribution < 1.29 is 28.6 Å². The lowest BCUT2D eigenvalue weighted by atomic mass is 10.0. The molecule has 0 aromatic rings. The molecule has 0 aliphatic carbocycles. The van der Waals surface area contributed by atoms with Gasteiger partial charge in [0, 0.05) is 19.3 Å². The number of carbonyl (C=O) groups is 3. The zero-order valence-corrected chi connectivity index (χ0v) is 37.4. The third-order valence-electron chi connectivity index (χ3n) is 10.7. The molecule has 0 spiro atoms. The fourth-order valence-electron chi connectivity index (χ4n) is 6.97. The van der Waals surface area contributed by atoms with Crippen LogP contribution in [0.1, 0.15) is 258 Å². The molecule has 0 aliphatic heterocycles. The van der Waals surface area contributed by atoms with E-state index in [1.165, 1.54) is 141 Å². The second-order valence-corrected chi connectivity index (χ2v) is 16.4. The van der Waals surface area contributed by atoms with E-state index in [0.29, 0.717) is 19.3 Å². The average molecular weight is 789 g/mol. The van der Waals surface area contributed by atoms with E-state index >= 15 is 0 Å². The van der Waals surface area contributed by atoms with Gasteiger partial charge < -0.3 is 14.2 Å². The lowest BCUT2D eigenvalue weighted by Gasteiger charge is -2.18. The van der Waals surface area contributed by atoms with Gasteiger partial charge in [-0.25, -0.2) is 0 Å². The van der Waals surface area contributed by atoms with Crippen LogP contribution in [0.4, 0.5) is 0 Å². The minimum absolute atomic E-state index is 0.0752. The van der Waals surface area contributed by atoms with Gasteiger partial charge in [0.15, 0.2) is 6.10 Å². The van der Waals surface area contributed by atoms with E-state index in [9.17, 15) is 14.4 Å². The number of esters is 3. The van der Waals surface area contributed by atoms with Crippen molar-refractivity contribution in [2.75, 3.05) is 13.2 Å². The van der Waals surface area contributed by atoms with Crippen molar-refractivity contribution in [3.05, 3.63) is 24.3 Å². The molecular weight excluding hydrogens is 697 g/mol. The molecule has 0 heterocycles. The molecule has 0 radical (unpaired) electrons. The molecule has 0 saturated heterocycles. The number of carbonyl (C=O) groups excluding carboxylic acids is 3. The summed E-state index contributed by atoms with van der Waals surface area (Å²) in [7, 11) is 0. The number of hydrogen-bond donors (Lipinski definition) is 0. The number of allylic oxidation sites excluding steroid dienone is 4. The van der Waals surface area contributed by atoms with Crippen LogP contribution in [-0.2, 0) is 28.6 Å². The van der Waals surface area contributed by atoms with Gasteiger partial charge in [-0.3, -0.25) is 14.4 Å². The maximum absolute atomic E-state index is 12.7. The summed E-state index contributed by atoms with van der Waals surface area (Å²) >= 11 is 0. The molecule has 0 amide bonds. The normalized spacial score (nSPS) is 12.1. The Hall–Kier alpha value is -2.11. The Morgan fingerprint density at radius 1 is 0.339 bits per heavy atom. The summed E-state index contributed by atoms with van der Waals surface area (Å²) in [5, 5.41) is 0. The highest BCUT2D eigenvalue weighted by Crippen LogP contribution is 2.15. The molecule has 1 unspecified atom stereocenters. The van der Waals surface area contributed by atoms with Crippen LogP contribution >= 0.6 is 0 Å². The van der Waals surface area contributed by atoms with E-state index in [2.05, 4.69) is 45.1 Å². The number of unbranched alkanes of at least 4 members (excludes halogenated alkanes) is 29. The summed E-state index contributed by atoms with van der Waals surface area (Å²) in [4.78, 5) is 37.8. The van der Waals surface area contributed by atoms with Crippen molar-refractivity contribution in [2.24, 2.45) is 0 Å². The number of rotatable bonds is 44. The van der Waals surface area contributed by atoms with E-state index in [-0.39, 0.29) is 31.1 Å². The Labute approximate surface area is 347 Å². The maximum atomic E-state index is 12.7. The summed E-state index contributed by atoms with van der Waals surface area (Å²) < 4.78 is 16.7. The number of ether oxygens (including phenoxy) is 3. The van der Waals surface area contributed by atoms with Crippen LogP contribution in [-0.4, -0.2) is 37.2 Å². The van der Waals surface area contributed by atoms with Gasteiger partial charge in [0.1, 0.15) is 13.2 Å². The first-order valence-electron chi connectivity index (χ1n) is 24.3. The Bertz CT molecular complexity index is 911. The highest BCUT2D eigenvalue weighted by Gasteiger charge is 2.19. The van der Waals surface area contributed by atoms with E-state index < -0.39 is 6.10 Å². The zero-order valence-electron chi connectivity index (χ0n) is 37.4. The molecule has 1 atom stereocenters. The average Bonchev–Trinajstić information content (AvgIpc) is 3.19. The Kier molecular flexibility index (Phi) is 43.9. The van der Waals surface area contributed by atoms with Gasteiger partial charge in [0.2, 0.25) is 0 Å². The first-order chi connectivity index (χ1) is 27.5. The standard InChI is InChI=1S/C50H92O6/c1-4-7-10-13-16-19-22-24-25-26-27-29-31-34-37-40-43-49(52)55-46-47(45-54-48(51)42-39-36-33-30-21-18-15-12-9-6-3)56-50(53)44-41-38-35-32-28-23-20-17-14-11-8-5-2/h12,15,25-26,47H,4-11,13-14,16-24,27-46H2,1-3H3/b15-12-,26-25-. The minimum Gasteiger partial charge on any atom is -0.462 e. The lowest BCUT2D eigenvalue weighted by Crippen LogP contribution is -2.30. The van der Waals surface area contributed by atoms with E-state index in [0.717, 1.165) is 77.0 Å². The molecule has 0 aromatic carbocycles. The van der Waals surface area contributed by atoms with Gasteiger partial charge >= 0.3 is 17.9 Å². The predicted octanol–water partition coefficient (Wildman–Crippen LogP) is 15.6. The monoisotopic (exact) mass is 789 g/mol. The van der Waals surface area contributed by atoms with Crippen molar-refractivity contribution in [1.29, 1.82) is 0 Å². The number of hydrogen-bond acceptors (Lipinski definition) is 6. The van der Waals surface area contributed by atoms with Crippen molar-refractivity contribution in [1.82, 2.24) is 0 Å². The molecule has 0 aromatic heterocycles. The van der Waals surface area contributed by atoms with Crippen LogP contribution in [0.5, 0.6) is 0 Å². The van der Waals surface area contributed by atoms with E-state index in [1.54, 1.807) is 0 Å². The quantitative estimate of drug-likeness (QED) is 0.0265. The fourth-order valence-corrected chi connectivity index (χ4v) is 6.97. The second kappa shape index (κ2) is 45.6. The van der Waals surface area contributed by atoms with Crippen LogP contribution in [0.15, 0.2) is 24.3 Å². The molecule has 6 nitrogen and oxygen atoms in total. The highest BCUT2D eigenvalue weighted by molar-refractivity contribution is 5.71. The Morgan fingerprint density at radius 2 is 0.625 bits per heavy atom. The molecule has 328 valence electrons. The molecule has 0 aliphatic rings. The summed E-state index contributed by atoms with van der Waals surface area (Å²) in [5.74, 6) is -0.886. The maximum Gasteiger partial charge on any atom is 0.306 e. The summed E-state index contributed by atoms with van der Waals surface area (Å²) in [5.41, 5.74) is 0.